The number of nitrogens with zero attached hydrogens (tertiary/aromatic N) is 1. The van der Waals surface area contributed by atoms with E-state index in [1.165, 1.54) is 0 Å². The van der Waals surface area contributed by atoms with Crippen molar-refractivity contribution in [2.75, 3.05) is 6.26 Å². The standard InChI is InChI=1S/C10H10F3N3O3S.ClH/c1-20(18,19)7-4-5(8(17)16-9(14)15)2-3-6(7)10(11,12)13;/h2-4H,1H3,(H4,14,15,16,17);1H. The molecule has 1 aromatic carbocycles. The molecule has 0 atom stereocenters. The highest BCUT2D eigenvalue weighted by molar-refractivity contribution is 7.90. The van der Waals surface area contributed by atoms with Gasteiger partial charge >= 0.3 is 6.18 Å². The first kappa shape index (κ1) is 19.2. The number of hydrogen-bond acceptors (Lipinski definition) is 3. The molecule has 6 nitrogen and oxygen atoms in total. The lowest BCUT2D eigenvalue weighted by molar-refractivity contribution is -0.139. The summed E-state index contributed by atoms with van der Waals surface area (Å²) < 4.78 is 60.9. The zero-order valence-corrected chi connectivity index (χ0v) is 12.1. The van der Waals surface area contributed by atoms with Gasteiger partial charge in [-0.3, -0.25) is 4.79 Å². The molecular weight excluding hydrogens is 335 g/mol. The molecule has 0 spiro atoms. The average molecular weight is 346 g/mol. The number of rotatable bonds is 2. The topological polar surface area (TPSA) is 116 Å². The van der Waals surface area contributed by atoms with Crippen molar-refractivity contribution < 1.29 is 26.4 Å². The fourth-order valence-corrected chi connectivity index (χ4v) is 2.30. The van der Waals surface area contributed by atoms with Crippen LogP contribution < -0.4 is 11.5 Å². The lowest BCUT2D eigenvalue weighted by Gasteiger charge is -2.12. The SMILES string of the molecule is CS(=O)(=O)c1cc(C(=O)N=C(N)N)ccc1C(F)(F)F.Cl. The van der Waals surface area contributed by atoms with Crippen LogP contribution in [0.25, 0.3) is 0 Å². The predicted octanol–water partition coefficient (Wildman–Crippen LogP) is 0.944. The van der Waals surface area contributed by atoms with Crippen molar-refractivity contribution >= 4 is 34.1 Å². The Morgan fingerprint density at radius 1 is 1.24 bits per heavy atom. The van der Waals surface area contributed by atoms with E-state index >= 15 is 0 Å². The van der Waals surface area contributed by atoms with Gasteiger partial charge in [0.2, 0.25) is 0 Å². The number of carbonyl (C=O) groups is 1. The molecule has 1 amide bonds. The Morgan fingerprint density at radius 3 is 2.14 bits per heavy atom. The Kier molecular flexibility index (Phi) is 5.76. The summed E-state index contributed by atoms with van der Waals surface area (Å²) in [6.07, 6.45) is -4.26. The van der Waals surface area contributed by atoms with Gasteiger partial charge in [0, 0.05) is 11.8 Å². The summed E-state index contributed by atoms with van der Waals surface area (Å²) in [5, 5.41) is 0. The van der Waals surface area contributed by atoms with Gasteiger partial charge in [0.05, 0.1) is 10.5 Å². The van der Waals surface area contributed by atoms with Crippen LogP contribution in [0.2, 0.25) is 0 Å². The van der Waals surface area contributed by atoms with Crippen LogP contribution in [0.1, 0.15) is 15.9 Å². The number of hydrogen-bond donors (Lipinski definition) is 2. The highest BCUT2D eigenvalue weighted by Crippen LogP contribution is 2.34. The second kappa shape index (κ2) is 6.31. The van der Waals surface area contributed by atoms with Crippen LogP contribution in [-0.2, 0) is 16.0 Å². The summed E-state index contributed by atoms with van der Waals surface area (Å²) in [6, 6.07) is 1.88. The van der Waals surface area contributed by atoms with Crippen LogP contribution >= 0.6 is 12.4 Å². The molecule has 1 aromatic rings. The van der Waals surface area contributed by atoms with E-state index < -0.39 is 38.3 Å². The number of halogens is 4. The zero-order valence-electron chi connectivity index (χ0n) is 10.5. The van der Waals surface area contributed by atoms with Gasteiger partial charge in [-0.05, 0) is 18.2 Å². The molecular formula is C10H11ClF3N3O3S. The first-order valence-corrected chi connectivity index (χ1v) is 6.87. The van der Waals surface area contributed by atoms with E-state index in [9.17, 15) is 26.4 Å². The van der Waals surface area contributed by atoms with Crippen molar-refractivity contribution in [2.24, 2.45) is 16.5 Å². The Hall–Kier alpha value is -1.81. The fraction of sp³-hybridized carbons (Fsp3) is 0.200. The highest BCUT2D eigenvalue weighted by Gasteiger charge is 2.36. The molecule has 0 saturated carbocycles. The molecule has 0 aliphatic carbocycles. The van der Waals surface area contributed by atoms with E-state index in [-0.39, 0.29) is 18.0 Å². The monoisotopic (exact) mass is 345 g/mol. The van der Waals surface area contributed by atoms with Crippen LogP contribution in [0.15, 0.2) is 28.1 Å². The van der Waals surface area contributed by atoms with Gasteiger partial charge in [0.1, 0.15) is 0 Å². The number of alkyl halides is 3. The van der Waals surface area contributed by atoms with Gasteiger partial charge in [-0.2, -0.15) is 18.2 Å². The largest absolute Gasteiger partial charge is 0.417 e. The quantitative estimate of drug-likeness (QED) is 0.611. The van der Waals surface area contributed by atoms with Crippen LogP contribution in [0.4, 0.5) is 13.2 Å². The lowest BCUT2D eigenvalue weighted by Crippen LogP contribution is -2.24. The summed E-state index contributed by atoms with van der Waals surface area (Å²) in [4.78, 5) is 13.6. The van der Waals surface area contributed by atoms with Crippen molar-refractivity contribution in [2.45, 2.75) is 11.1 Å². The molecule has 0 aliphatic heterocycles. The third-order valence-corrected chi connectivity index (χ3v) is 3.30. The summed E-state index contributed by atoms with van der Waals surface area (Å²) in [7, 11) is -4.18. The molecule has 0 bridgehead atoms. The molecule has 21 heavy (non-hydrogen) atoms. The van der Waals surface area contributed by atoms with E-state index in [1.54, 1.807) is 0 Å². The predicted molar refractivity (Wildman–Crippen MR) is 71.9 cm³/mol. The van der Waals surface area contributed by atoms with E-state index in [2.05, 4.69) is 4.99 Å². The molecule has 118 valence electrons. The van der Waals surface area contributed by atoms with Crippen LogP contribution in [0.5, 0.6) is 0 Å². The van der Waals surface area contributed by atoms with Gasteiger partial charge in [-0.15, -0.1) is 12.4 Å². The Bertz CT molecular complexity index is 683. The first-order valence-electron chi connectivity index (χ1n) is 4.98. The normalized spacial score (nSPS) is 11.4. The number of benzene rings is 1. The van der Waals surface area contributed by atoms with Gasteiger partial charge < -0.3 is 11.5 Å². The van der Waals surface area contributed by atoms with Crippen molar-refractivity contribution in [1.82, 2.24) is 0 Å². The third kappa shape index (κ3) is 4.90. The fourth-order valence-electron chi connectivity index (χ4n) is 1.38. The third-order valence-electron chi connectivity index (χ3n) is 2.16. The minimum atomic E-state index is -4.86. The van der Waals surface area contributed by atoms with Crippen molar-refractivity contribution in [1.29, 1.82) is 0 Å². The van der Waals surface area contributed by atoms with Crippen LogP contribution in [0.3, 0.4) is 0 Å². The second-order valence-electron chi connectivity index (χ2n) is 3.82. The lowest BCUT2D eigenvalue weighted by atomic mass is 10.1. The number of guanidine groups is 1. The molecule has 0 aliphatic rings. The maximum absolute atomic E-state index is 12.7. The molecule has 0 aromatic heterocycles. The summed E-state index contributed by atoms with van der Waals surface area (Å²) in [5.41, 5.74) is 8.20. The molecule has 0 fully saturated rings. The van der Waals surface area contributed by atoms with Gasteiger partial charge in [-0.1, -0.05) is 0 Å². The summed E-state index contributed by atoms with van der Waals surface area (Å²) >= 11 is 0. The highest BCUT2D eigenvalue weighted by atomic mass is 35.5. The molecule has 0 saturated heterocycles. The van der Waals surface area contributed by atoms with E-state index in [0.717, 1.165) is 6.07 Å². The average Bonchev–Trinajstić information content (AvgIpc) is 2.24. The van der Waals surface area contributed by atoms with Gasteiger partial charge in [0.15, 0.2) is 15.8 Å². The number of amides is 1. The van der Waals surface area contributed by atoms with Crippen molar-refractivity contribution in [3.05, 3.63) is 29.3 Å². The van der Waals surface area contributed by atoms with E-state index in [1.807, 2.05) is 0 Å². The molecule has 4 N–H and O–H groups in total. The molecule has 11 heteroatoms. The van der Waals surface area contributed by atoms with Crippen molar-refractivity contribution in [3.63, 3.8) is 0 Å². The summed E-state index contributed by atoms with van der Waals surface area (Å²) in [5.74, 6) is -1.63. The number of nitrogens with two attached hydrogens (primary N) is 2. The smallest absolute Gasteiger partial charge is 0.370 e. The number of aliphatic imine (C=N–C) groups is 1. The Labute approximate surface area is 124 Å². The number of carbonyl (C=O) groups excluding carboxylic acids is 1. The molecule has 0 heterocycles. The second-order valence-corrected chi connectivity index (χ2v) is 5.81. The molecule has 0 radical (unpaired) electrons. The minimum Gasteiger partial charge on any atom is -0.370 e. The Morgan fingerprint density at radius 2 is 1.76 bits per heavy atom. The maximum Gasteiger partial charge on any atom is 0.417 e. The minimum absolute atomic E-state index is 0. The van der Waals surface area contributed by atoms with Gasteiger partial charge in [-0.25, -0.2) is 8.42 Å². The maximum atomic E-state index is 12.7. The first-order chi connectivity index (χ1) is 8.93. The molecule has 1 rings (SSSR count). The van der Waals surface area contributed by atoms with E-state index in [0.29, 0.717) is 18.4 Å². The zero-order chi connectivity index (χ0) is 15.7. The van der Waals surface area contributed by atoms with Gasteiger partial charge in [0.25, 0.3) is 5.91 Å². The van der Waals surface area contributed by atoms with Crippen LogP contribution in [-0.4, -0.2) is 26.5 Å². The number of sulfone groups is 1. The molecule has 0 unspecified atom stereocenters. The van der Waals surface area contributed by atoms with Crippen LogP contribution in [0, 0.1) is 0 Å². The summed E-state index contributed by atoms with van der Waals surface area (Å²) in [6.45, 7) is 0. The Balaban J connectivity index is 0.00000400. The van der Waals surface area contributed by atoms with E-state index in [4.69, 9.17) is 11.5 Å². The van der Waals surface area contributed by atoms with Crippen molar-refractivity contribution in [3.8, 4) is 0 Å².